The molecule has 0 radical (unpaired) electrons. The topological polar surface area (TPSA) is 68.0 Å². The van der Waals surface area contributed by atoms with Gasteiger partial charge >= 0.3 is 0 Å². The van der Waals surface area contributed by atoms with Crippen LogP contribution in [0, 0.1) is 18.6 Å². The van der Waals surface area contributed by atoms with Crippen LogP contribution < -0.4 is 11.1 Å². The van der Waals surface area contributed by atoms with Crippen molar-refractivity contribution in [3.63, 3.8) is 0 Å². The van der Waals surface area contributed by atoms with E-state index in [1.165, 1.54) is 18.3 Å². The van der Waals surface area contributed by atoms with E-state index < -0.39 is 17.5 Å². The Labute approximate surface area is 121 Å². The van der Waals surface area contributed by atoms with Crippen LogP contribution in [0.4, 0.5) is 14.5 Å². The van der Waals surface area contributed by atoms with Crippen molar-refractivity contribution in [2.24, 2.45) is 5.73 Å². The minimum absolute atomic E-state index is 0.0742. The summed E-state index contributed by atoms with van der Waals surface area (Å²) in [6.07, 6.45) is 2.62. The molecule has 0 spiro atoms. The number of hydrogen-bond acceptors (Lipinski definition) is 3. The van der Waals surface area contributed by atoms with Gasteiger partial charge in [-0.1, -0.05) is 0 Å². The Hall–Kier alpha value is -2.50. The van der Waals surface area contributed by atoms with E-state index >= 15 is 0 Å². The monoisotopic (exact) mass is 291 g/mol. The molecule has 0 saturated heterocycles. The molecule has 1 aromatic heterocycles. The smallest absolute Gasteiger partial charge is 0.248 e. The summed E-state index contributed by atoms with van der Waals surface area (Å²) in [6.45, 7) is 3.36. The van der Waals surface area contributed by atoms with Crippen LogP contribution in [0.5, 0.6) is 0 Å². The van der Waals surface area contributed by atoms with E-state index in [2.05, 4.69) is 10.3 Å². The number of amides is 1. The van der Waals surface area contributed by atoms with Crippen LogP contribution in [-0.4, -0.2) is 10.9 Å². The van der Waals surface area contributed by atoms with Crippen LogP contribution in [0.25, 0.3) is 0 Å². The Bertz CT molecular complexity index is 689. The van der Waals surface area contributed by atoms with Crippen molar-refractivity contribution in [3.8, 4) is 0 Å². The number of benzene rings is 1. The van der Waals surface area contributed by atoms with Gasteiger partial charge in [0, 0.05) is 23.0 Å². The fourth-order valence-corrected chi connectivity index (χ4v) is 1.95. The lowest BCUT2D eigenvalue weighted by Crippen LogP contribution is -2.14. The van der Waals surface area contributed by atoms with Crippen LogP contribution in [-0.2, 0) is 0 Å². The van der Waals surface area contributed by atoms with Gasteiger partial charge in [-0.15, -0.1) is 0 Å². The number of halogens is 2. The van der Waals surface area contributed by atoms with Gasteiger partial charge in [-0.05, 0) is 37.6 Å². The van der Waals surface area contributed by atoms with Gasteiger partial charge in [0.2, 0.25) is 5.91 Å². The normalized spacial score (nSPS) is 12.0. The fourth-order valence-electron chi connectivity index (χ4n) is 1.95. The summed E-state index contributed by atoms with van der Waals surface area (Å²) >= 11 is 0. The predicted molar refractivity (Wildman–Crippen MR) is 75.9 cm³/mol. The number of hydrogen-bond donors (Lipinski definition) is 2. The van der Waals surface area contributed by atoms with Gasteiger partial charge in [-0.3, -0.25) is 9.78 Å². The molecule has 2 aromatic rings. The number of pyridine rings is 1. The average Bonchev–Trinajstić information content (AvgIpc) is 2.43. The molecule has 3 N–H and O–H groups in total. The number of carbonyl (C=O) groups excluding carboxylic acids is 1. The average molecular weight is 291 g/mol. The predicted octanol–water partition coefficient (Wildman–Crippen LogP) is 2.94. The van der Waals surface area contributed by atoms with Gasteiger partial charge in [0.05, 0.1) is 12.2 Å². The Morgan fingerprint density at radius 1 is 1.29 bits per heavy atom. The highest BCUT2D eigenvalue weighted by Crippen LogP contribution is 2.25. The summed E-state index contributed by atoms with van der Waals surface area (Å²) in [6, 6.07) is 3.60. The number of nitrogens with two attached hydrogens (primary N) is 1. The molecule has 0 saturated carbocycles. The molecule has 0 fully saturated rings. The third-order valence-corrected chi connectivity index (χ3v) is 3.23. The Balaban J connectivity index is 2.32. The molecule has 2 rings (SSSR count). The lowest BCUT2D eigenvalue weighted by Gasteiger charge is -2.18. The van der Waals surface area contributed by atoms with Crippen LogP contribution in [0.1, 0.15) is 34.5 Å². The van der Waals surface area contributed by atoms with Gasteiger partial charge in [-0.25, -0.2) is 8.78 Å². The first-order valence-electron chi connectivity index (χ1n) is 6.35. The SMILES string of the molecule is Cc1c(F)cc(C(N)=O)cc1NC(C)c1cncc(F)c1. The summed E-state index contributed by atoms with van der Waals surface area (Å²) in [5, 5.41) is 3.04. The highest BCUT2D eigenvalue weighted by atomic mass is 19.1. The maximum Gasteiger partial charge on any atom is 0.248 e. The van der Waals surface area contributed by atoms with Crippen LogP contribution in [0.15, 0.2) is 30.6 Å². The molecule has 1 unspecified atom stereocenters. The first-order valence-corrected chi connectivity index (χ1v) is 6.35. The number of aromatic nitrogens is 1. The quantitative estimate of drug-likeness (QED) is 0.910. The first kappa shape index (κ1) is 14.9. The summed E-state index contributed by atoms with van der Waals surface area (Å²) in [4.78, 5) is 15.0. The highest BCUT2D eigenvalue weighted by molar-refractivity contribution is 5.94. The van der Waals surface area contributed by atoms with Crippen molar-refractivity contribution < 1.29 is 13.6 Å². The van der Waals surface area contributed by atoms with Crippen molar-refractivity contribution in [2.75, 3.05) is 5.32 Å². The van der Waals surface area contributed by atoms with E-state index in [-0.39, 0.29) is 11.6 Å². The number of primary amides is 1. The number of rotatable bonds is 4. The molecule has 0 aliphatic heterocycles. The summed E-state index contributed by atoms with van der Waals surface area (Å²) < 4.78 is 27.0. The fraction of sp³-hybridized carbons (Fsp3) is 0.200. The third-order valence-electron chi connectivity index (χ3n) is 3.23. The molecule has 1 heterocycles. The zero-order chi connectivity index (χ0) is 15.6. The summed E-state index contributed by atoms with van der Waals surface area (Å²) in [5.41, 5.74) is 6.64. The minimum atomic E-state index is -0.711. The second-order valence-corrected chi connectivity index (χ2v) is 4.80. The Kier molecular flexibility index (Phi) is 4.16. The molecule has 0 aliphatic carbocycles. The Morgan fingerprint density at radius 2 is 2.00 bits per heavy atom. The van der Waals surface area contributed by atoms with E-state index in [1.807, 2.05) is 0 Å². The number of carbonyl (C=O) groups is 1. The van der Waals surface area contributed by atoms with Gasteiger partial charge < -0.3 is 11.1 Å². The van der Waals surface area contributed by atoms with E-state index in [1.54, 1.807) is 13.8 Å². The summed E-state index contributed by atoms with van der Waals surface area (Å²) in [7, 11) is 0. The molecule has 4 nitrogen and oxygen atoms in total. The lowest BCUT2D eigenvalue weighted by molar-refractivity contribution is 0.1000. The van der Waals surface area contributed by atoms with Gasteiger partial charge in [-0.2, -0.15) is 0 Å². The zero-order valence-corrected chi connectivity index (χ0v) is 11.7. The molecule has 110 valence electrons. The second-order valence-electron chi connectivity index (χ2n) is 4.80. The van der Waals surface area contributed by atoms with Crippen molar-refractivity contribution in [1.29, 1.82) is 0 Å². The van der Waals surface area contributed by atoms with Crippen molar-refractivity contribution in [2.45, 2.75) is 19.9 Å². The maximum atomic E-state index is 13.8. The highest BCUT2D eigenvalue weighted by Gasteiger charge is 2.13. The lowest BCUT2D eigenvalue weighted by atomic mass is 10.1. The van der Waals surface area contributed by atoms with Crippen molar-refractivity contribution in [1.82, 2.24) is 4.98 Å². The molecule has 1 atom stereocenters. The zero-order valence-electron chi connectivity index (χ0n) is 11.7. The van der Waals surface area contributed by atoms with Gasteiger partial charge in [0.15, 0.2) is 0 Å². The van der Waals surface area contributed by atoms with E-state index in [4.69, 9.17) is 5.73 Å². The maximum absolute atomic E-state index is 13.8. The molecule has 6 heteroatoms. The van der Waals surface area contributed by atoms with E-state index in [0.29, 0.717) is 16.8 Å². The standard InChI is InChI=1S/C15H15F2N3O/c1-8-13(17)4-10(15(18)21)5-14(8)20-9(2)11-3-12(16)7-19-6-11/h3-7,9,20H,1-2H3,(H2,18,21). The molecule has 0 aliphatic rings. The largest absolute Gasteiger partial charge is 0.378 e. The second kappa shape index (κ2) is 5.87. The summed E-state index contributed by atoms with van der Waals surface area (Å²) in [5.74, 6) is -1.69. The van der Waals surface area contributed by atoms with Crippen LogP contribution in [0.3, 0.4) is 0 Å². The third kappa shape index (κ3) is 3.34. The molecular formula is C15H15F2N3O. The number of anilines is 1. The Morgan fingerprint density at radius 3 is 2.62 bits per heavy atom. The molecule has 1 aromatic carbocycles. The first-order chi connectivity index (χ1) is 9.88. The minimum Gasteiger partial charge on any atom is -0.378 e. The van der Waals surface area contributed by atoms with Crippen molar-refractivity contribution >= 4 is 11.6 Å². The van der Waals surface area contributed by atoms with E-state index in [0.717, 1.165) is 12.3 Å². The number of nitrogens with one attached hydrogen (secondary N) is 1. The molecular weight excluding hydrogens is 276 g/mol. The van der Waals surface area contributed by atoms with Gasteiger partial charge in [0.1, 0.15) is 11.6 Å². The van der Waals surface area contributed by atoms with Gasteiger partial charge in [0.25, 0.3) is 0 Å². The van der Waals surface area contributed by atoms with Crippen molar-refractivity contribution in [3.05, 3.63) is 58.9 Å². The molecule has 21 heavy (non-hydrogen) atoms. The number of nitrogens with zero attached hydrogens (tertiary/aromatic N) is 1. The van der Waals surface area contributed by atoms with Crippen LogP contribution in [0.2, 0.25) is 0 Å². The molecule has 0 bridgehead atoms. The van der Waals surface area contributed by atoms with Crippen LogP contribution >= 0.6 is 0 Å². The molecule has 1 amide bonds. The van der Waals surface area contributed by atoms with E-state index in [9.17, 15) is 13.6 Å².